The third-order valence-electron chi connectivity index (χ3n) is 3.27. The standard InChI is InChI=1S/C14H17BrO2/c1-10-6-7-14(12(15)8-10)17-9-13(16)11-4-2-3-5-11/h6-8,11H,2-5,9H2,1H3. The first-order valence-corrected chi connectivity index (χ1v) is 6.88. The van der Waals surface area contributed by atoms with E-state index in [0.29, 0.717) is 0 Å². The van der Waals surface area contributed by atoms with Crippen LogP contribution in [0.15, 0.2) is 22.7 Å². The summed E-state index contributed by atoms with van der Waals surface area (Å²) >= 11 is 3.44. The lowest BCUT2D eigenvalue weighted by atomic mass is 10.0. The van der Waals surface area contributed by atoms with Crippen LogP contribution >= 0.6 is 15.9 Å². The normalized spacial score (nSPS) is 16.1. The number of halogens is 1. The van der Waals surface area contributed by atoms with Crippen molar-refractivity contribution in [3.8, 4) is 5.75 Å². The molecule has 1 fully saturated rings. The minimum atomic E-state index is 0.201. The fourth-order valence-corrected chi connectivity index (χ4v) is 2.85. The lowest BCUT2D eigenvalue weighted by molar-refractivity contribution is -0.124. The SMILES string of the molecule is Cc1ccc(OCC(=O)C2CCCC2)c(Br)c1. The van der Waals surface area contributed by atoms with Crippen molar-refractivity contribution in [1.82, 2.24) is 0 Å². The molecule has 1 aromatic carbocycles. The zero-order valence-electron chi connectivity index (χ0n) is 10.0. The van der Waals surface area contributed by atoms with Crippen LogP contribution in [0.4, 0.5) is 0 Å². The van der Waals surface area contributed by atoms with Gasteiger partial charge in [-0.2, -0.15) is 0 Å². The number of Topliss-reactive ketones (excluding diaryl/α,β-unsaturated/α-hetero) is 1. The number of carbonyl (C=O) groups excluding carboxylic acids is 1. The van der Waals surface area contributed by atoms with Crippen LogP contribution in [-0.2, 0) is 4.79 Å². The van der Waals surface area contributed by atoms with Crippen molar-refractivity contribution >= 4 is 21.7 Å². The summed E-state index contributed by atoms with van der Waals surface area (Å²) in [5.74, 6) is 1.23. The Kier molecular flexibility index (Phi) is 4.21. The molecule has 0 bridgehead atoms. The van der Waals surface area contributed by atoms with Gasteiger partial charge in [-0.3, -0.25) is 4.79 Å². The fraction of sp³-hybridized carbons (Fsp3) is 0.500. The second-order valence-electron chi connectivity index (χ2n) is 4.67. The first-order valence-electron chi connectivity index (χ1n) is 6.08. The molecular formula is C14H17BrO2. The molecule has 0 unspecified atom stereocenters. The Hall–Kier alpha value is -0.830. The van der Waals surface area contributed by atoms with Gasteiger partial charge in [0.05, 0.1) is 4.47 Å². The summed E-state index contributed by atoms with van der Waals surface area (Å²) in [5, 5.41) is 0. The van der Waals surface area contributed by atoms with Gasteiger partial charge in [0.15, 0.2) is 5.78 Å². The summed E-state index contributed by atoms with van der Waals surface area (Å²) in [6.45, 7) is 2.23. The first kappa shape index (κ1) is 12.6. The van der Waals surface area contributed by atoms with Crippen LogP contribution in [-0.4, -0.2) is 12.4 Å². The van der Waals surface area contributed by atoms with Crippen molar-refractivity contribution in [2.75, 3.05) is 6.61 Å². The number of ketones is 1. The lowest BCUT2D eigenvalue weighted by Gasteiger charge is -2.11. The molecule has 0 atom stereocenters. The van der Waals surface area contributed by atoms with Crippen LogP contribution in [0.5, 0.6) is 5.75 Å². The molecule has 0 N–H and O–H groups in total. The van der Waals surface area contributed by atoms with E-state index in [4.69, 9.17) is 4.74 Å². The summed E-state index contributed by atoms with van der Waals surface area (Å²) in [5.41, 5.74) is 1.17. The van der Waals surface area contributed by atoms with Gasteiger partial charge < -0.3 is 4.74 Å². The predicted molar refractivity (Wildman–Crippen MR) is 71.3 cm³/mol. The second-order valence-corrected chi connectivity index (χ2v) is 5.52. The van der Waals surface area contributed by atoms with Crippen molar-refractivity contribution in [2.24, 2.45) is 5.92 Å². The van der Waals surface area contributed by atoms with E-state index < -0.39 is 0 Å². The number of rotatable bonds is 4. The molecular weight excluding hydrogens is 280 g/mol. The summed E-state index contributed by atoms with van der Waals surface area (Å²) < 4.78 is 6.48. The molecule has 0 amide bonds. The largest absolute Gasteiger partial charge is 0.485 e. The molecule has 3 heteroatoms. The Labute approximate surface area is 110 Å². The molecule has 0 radical (unpaired) electrons. The minimum absolute atomic E-state index is 0.201. The molecule has 17 heavy (non-hydrogen) atoms. The topological polar surface area (TPSA) is 26.3 Å². The van der Waals surface area contributed by atoms with E-state index in [-0.39, 0.29) is 18.3 Å². The van der Waals surface area contributed by atoms with Gasteiger partial charge in [-0.05, 0) is 53.4 Å². The minimum Gasteiger partial charge on any atom is -0.485 e. The highest BCUT2D eigenvalue weighted by Gasteiger charge is 2.22. The highest BCUT2D eigenvalue weighted by molar-refractivity contribution is 9.10. The van der Waals surface area contributed by atoms with Crippen LogP contribution in [0.2, 0.25) is 0 Å². The number of benzene rings is 1. The quantitative estimate of drug-likeness (QED) is 0.842. The Morgan fingerprint density at radius 1 is 1.41 bits per heavy atom. The zero-order valence-corrected chi connectivity index (χ0v) is 11.6. The van der Waals surface area contributed by atoms with Crippen molar-refractivity contribution in [1.29, 1.82) is 0 Å². The number of hydrogen-bond donors (Lipinski definition) is 0. The van der Waals surface area contributed by atoms with Gasteiger partial charge in [0.2, 0.25) is 0 Å². The average molecular weight is 297 g/mol. The molecule has 1 aliphatic carbocycles. The van der Waals surface area contributed by atoms with E-state index >= 15 is 0 Å². The molecule has 0 heterocycles. The van der Waals surface area contributed by atoms with E-state index in [2.05, 4.69) is 15.9 Å². The van der Waals surface area contributed by atoms with E-state index in [9.17, 15) is 4.79 Å². The maximum atomic E-state index is 11.9. The van der Waals surface area contributed by atoms with Crippen LogP contribution in [0.3, 0.4) is 0 Å². The van der Waals surface area contributed by atoms with Crippen molar-refractivity contribution < 1.29 is 9.53 Å². The number of ether oxygens (including phenoxy) is 1. The first-order chi connectivity index (χ1) is 8.16. The average Bonchev–Trinajstić information content (AvgIpc) is 2.81. The maximum Gasteiger partial charge on any atom is 0.173 e. The third-order valence-corrected chi connectivity index (χ3v) is 3.89. The van der Waals surface area contributed by atoms with E-state index in [1.807, 2.05) is 25.1 Å². The van der Waals surface area contributed by atoms with Crippen LogP contribution in [0.1, 0.15) is 31.2 Å². The number of aryl methyl sites for hydroxylation is 1. The zero-order chi connectivity index (χ0) is 12.3. The molecule has 0 aromatic heterocycles. The molecule has 0 saturated heterocycles. The maximum absolute atomic E-state index is 11.9. The highest BCUT2D eigenvalue weighted by atomic mass is 79.9. The van der Waals surface area contributed by atoms with Gasteiger partial charge in [-0.15, -0.1) is 0 Å². The molecule has 92 valence electrons. The smallest absolute Gasteiger partial charge is 0.173 e. The molecule has 2 nitrogen and oxygen atoms in total. The Bertz CT molecular complexity index is 409. The molecule has 0 aliphatic heterocycles. The van der Waals surface area contributed by atoms with Crippen LogP contribution < -0.4 is 4.74 Å². The Morgan fingerprint density at radius 2 is 2.12 bits per heavy atom. The van der Waals surface area contributed by atoms with Gasteiger partial charge in [0.1, 0.15) is 12.4 Å². The van der Waals surface area contributed by atoms with Gasteiger partial charge in [-0.25, -0.2) is 0 Å². The number of carbonyl (C=O) groups is 1. The van der Waals surface area contributed by atoms with E-state index in [1.165, 1.54) is 18.4 Å². The van der Waals surface area contributed by atoms with Crippen molar-refractivity contribution in [3.05, 3.63) is 28.2 Å². The Morgan fingerprint density at radius 3 is 2.76 bits per heavy atom. The molecule has 1 saturated carbocycles. The van der Waals surface area contributed by atoms with Crippen LogP contribution in [0, 0.1) is 12.8 Å². The molecule has 1 aromatic rings. The molecule has 0 spiro atoms. The summed E-state index contributed by atoms with van der Waals surface area (Å²) in [7, 11) is 0. The highest BCUT2D eigenvalue weighted by Crippen LogP contribution is 2.28. The third kappa shape index (κ3) is 3.32. The summed E-state index contributed by atoms with van der Waals surface area (Å²) in [6, 6.07) is 5.89. The Balaban J connectivity index is 1.90. The van der Waals surface area contributed by atoms with E-state index in [0.717, 1.165) is 23.1 Å². The van der Waals surface area contributed by atoms with Gasteiger partial charge in [0.25, 0.3) is 0 Å². The van der Waals surface area contributed by atoms with Crippen LogP contribution in [0.25, 0.3) is 0 Å². The van der Waals surface area contributed by atoms with E-state index in [1.54, 1.807) is 0 Å². The fourth-order valence-electron chi connectivity index (χ4n) is 2.24. The summed E-state index contributed by atoms with van der Waals surface area (Å²) in [4.78, 5) is 11.9. The summed E-state index contributed by atoms with van der Waals surface area (Å²) in [6.07, 6.45) is 4.45. The molecule has 1 aliphatic rings. The number of hydrogen-bond acceptors (Lipinski definition) is 2. The lowest BCUT2D eigenvalue weighted by Crippen LogP contribution is -2.19. The predicted octanol–water partition coefficient (Wildman–Crippen LogP) is 3.90. The monoisotopic (exact) mass is 296 g/mol. The van der Waals surface area contributed by atoms with Crippen molar-refractivity contribution in [2.45, 2.75) is 32.6 Å². The van der Waals surface area contributed by atoms with Crippen molar-refractivity contribution in [3.63, 3.8) is 0 Å². The second kappa shape index (κ2) is 5.67. The van der Waals surface area contributed by atoms with Gasteiger partial charge in [-0.1, -0.05) is 18.9 Å². The molecule has 2 rings (SSSR count). The van der Waals surface area contributed by atoms with Gasteiger partial charge in [0, 0.05) is 5.92 Å². The van der Waals surface area contributed by atoms with Gasteiger partial charge >= 0.3 is 0 Å².